The second-order valence-electron chi connectivity index (χ2n) is 4.65. The molecule has 0 radical (unpaired) electrons. The number of aliphatic hydroxyl groups is 1. The Morgan fingerprint density at radius 2 is 1.95 bits per heavy atom. The van der Waals surface area contributed by atoms with Crippen LogP contribution in [0, 0.1) is 0 Å². The number of benzene rings is 1. The molecule has 6 heteroatoms. The molecule has 2 N–H and O–H groups in total. The third kappa shape index (κ3) is 3.92. The van der Waals surface area contributed by atoms with E-state index in [9.17, 15) is 8.42 Å². The summed E-state index contributed by atoms with van der Waals surface area (Å²) < 4.78 is 32.1. The Hall–Kier alpha value is -1.11. The number of hydrogen-bond acceptors (Lipinski definition) is 4. The molecule has 0 atom stereocenters. The maximum Gasteiger partial charge on any atom is 0.240 e. The molecule has 1 aliphatic rings. The number of aliphatic hydroxyl groups excluding tert-OH is 1. The monoisotopic (exact) mass is 285 g/mol. The van der Waals surface area contributed by atoms with Crippen LogP contribution in [-0.4, -0.2) is 32.8 Å². The molecular weight excluding hydrogens is 266 g/mol. The number of nitrogens with one attached hydrogen (secondary N) is 1. The largest absolute Gasteiger partial charge is 0.494 e. The van der Waals surface area contributed by atoms with Gasteiger partial charge in [-0.15, -0.1) is 0 Å². The van der Waals surface area contributed by atoms with Crippen LogP contribution >= 0.6 is 0 Å². The first-order valence-corrected chi connectivity index (χ1v) is 7.96. The van der Waals surface area contributed by atoms with E-state index in [1.807, 2.05) is 0 Å². The fraction of sp³-hybridized carbons (Fsp3) is 0.538. The number of rotatable bonds is 7. The zero-order chi connectivity index (χ0) is 13.7. The van der Waals surface area contributed by atoms with Crippen molar-refractivity contribution in [1.29, 1.82) is 0 Å². The standard InChI is InChI=1S/C13H19NO4S/c15-9-2-10-18-12-5-7-13(8-6-12)19(16,17)14-11-3-1-4-11/h5-8,11,14-15H,1-4,9-10H2. The van der Waals surface area contributed by atoms with Crippen LogP contribution in [-0.2, 0) is 10.0 Å². The van der Waals surface area contributed by atoms with E-state index < -0.39 is 10.0 Å². The molecule has 0 saturated heterocycles. The van der Waals surface area contributed by atoms with Crippen molar-refractivity contribution in [2.45, 2.75) is 36.6 Å². The summed E-state index contributed by atoms with van der Waals surface area (Å²) in [4.78, 5) is 0.258. The summed E-state index contributed by atoms with van der Waals surface area (Å²) in [6.45, 7) is 0.501. The van der Waals surface area contributed by atoms with Crippen LogP contribution in [0.25, 0.3) is 0 Å². The van der Waals surface area contributed by atoms with Gasteiger partial charge in [-0.25, -0.2) is 13.1 Å². The topological polar surface area (TPSA) is 75.6 Å². The van der Waals surface area contributed by atoms with Crippen molar-refractivity contribution < 1.29 is 18.3 Å². The molecule has 1 aromatic rings. The fourth-order valence-corrected chi connectivity index (χ4v) is 3.09. The predicted octanol–water partition coefficient (Wildman–Crippen LogP) is 1.28. The Kier molecular flexibility index (Phi) is 4.79. The molecular formula is C13H19NO4S. The lowest BCUT2D eigenvalue weighted by atomic mass is 9.94. The molecule has 19 heavy (non-hydrogen) atoms. The van der Waals surface area contributed by atoms with Gasteiger partial charge in [-0.05, 0) is 37.1 Å². The van der Waals surface area contributed by atoms with E-state index in [1.54, 1.807) is 12.1 Å². The Bertz CT molecular complexity index is 494. The summed E-state index contributed by atoms with van der Waals surface area (Å²) >= 11 is 0. The highest BCUT2D eigenvalue weighted by Gasteiger charge is 2.24. The Labute approximate surface area is 113 Å². The first kappa shape index (κ1) is 14.3. The minimum absolute atomic E-state index is 0.0811. The third-order valence-electron chi connectivity index (χ3n) is 3.13. The first-order valence-electron chi connectivity index (χ1n) is 6.48. The highest BCUT2D eigenvalue weighted by molar-refractivity contribution is 7.89. The molecule has 2 rings (SSSR count). The summed E-state index contributed by atoms with van der Waals surface area (Å²) in [5, 5.41) is 8.64. The lowest BCUT2D eigenvalue weighted by Crippen LogP contribution is -2.39. The molecule has 1 aliphatic carbocycles. The predicted molar refractivity (Wildman–Crippen MR) is 71.6 cm³/mol. The number of hydrogen-bond donors (Lipinski definition) is 2. The minimum atomic E-state index is -3.41. The first-order chi connectivity index (χ1) is 9.12. The third-order valence-corrected chi connectivity index (χ3v) is 4.67. The second kappa shape index (κ2) is 6.36. The summed E-state index contributed by atoms with van der Waals surface area (Å²) in [5.74, 6) is 0.607. The molecule has 0 aromatic heterocycles. The van der Waals surface area contributed by atoms with E-state index in [2.05, 4.69) is 4.72 Å². The smallest absolute Gasteiger partial charge is 0.240 e. The molecule has 0 amide bonds. The second-order valence-corrected chi connectivity index (χ2v) is 6.36. The minimum Gasteiger partial charge on any atom is -0.494 e. The number of sulfonamides is 1. The van der Waals surface area contributed by atoms with Gasteiger partial charge in [0.05, 0.1) is 11.5 Å². The van der Waals surface area contributed by atoms with Crippen LogP contribution < -0.4 is 9.46 Å². The van der Waals surface area contributed by atoms with Crippen molar-refractivity contribution in [1.82, 2.24) is 4.72 Å². The molecule has 0 unspecified atom stereocenters. The Morgan fingerprint density at radius 1 is 1.26 bits per heavy atom. The zero-order valence-corrected chi connectivity index (χ0v) is 11.5. The summed E-state index contributed by atoms with van der Waals surface area (Å²) in [5.41, 5.74) is 0. The Morgan fingerprint density at radius 3 is 2.47 bits per heavy atom. The molecule has 0 spiro atoms. The van der Waals surface area contributed by atoms with Gasteiger partial charge in [0.1, 0.15) is 5.75 Å². The normalized spacial score (nSPS) is 16.1. The molecule has 0 bridgehead atoms. The van der Waals surface area contributed by atoms with Gasteiger partial charge in [0.25, 0.3) is 0 Å². The quantitative estimate of drug-likeness (QED) is 0.740. The van der Waals surface area contributed by atoms with Gasteiger partial charge >= 0.3 is 0 Å². The lowest BCUT2D eigenvalue weighted by Gasteiger charge is -2.26. The molecule has 1 aromatic carbocycles. The average Bonchev–Trinajstić information content (AvgIpc) is 2.35. The molecule has 1 fully saturated rings. The van der Waals surface area contributed by atoms with Crippen molar-refractivity contribution in [3.05, 3.63) is 24.3 Å². The van der Waals surface area contributed by atoms with E-state index in [0.717, 1.165) is 19.3 Å². The van der Waals surface area contributed by atoms with Crippen LogP contribution in [0.5, 0.6) is 5.75 Å². The van der Waals surface area contributed by atoms with E-state index in [-0.39, 0.29) is 17.5 Å². The van der Waals surface area contributed by atoms with Gasteiger partial charge in [-0.3, -0.25) is 0 Å². The van der Waals surface area contributed by atoms with Gasteiger partial charge in [0.15, 0.2) is 0 Å². The number of ether oxygens (including phenoxy) is 1. The summed E-state index contributed by atoms with van der Waals surface area (Å²) in [6, 6.07) is 6.43. The van der Waals surface area contributed by atoms with Gasteiger partial charge < -0.3 is 9.84 Å². The van der Waals surface area contributed by atoms with Crippen molar-refractivity contribution in [3.8, 4) is 5.75 Å². The Balaban J connectivity index is 1.96. The van der Waals surface area contributed by atoms with Crippen LogP contribution in [0.4, 0.5) is 0 Å². The van der Waals surface area contributed by atoms with Gasteiger partial charge in [0.2, 0.25) is 10.0 Å². The van der Waals surface area contributed by atoms with E-state index in [0.29, 0.717) is 18.8 Å². The van der Waals surface area contributed by atoms with E-state index in [4.69, 9.17) is 9.84 Å². The molecule has 0 heterocycles. The maximum atomic E-state index is 12.0. The zero-order valence-electron chi connectivity index (χ0n) is 10.7. The van der Waals surface area contributed by atoms with Gasteiger partial charge in [0, 0.05) is 19.1 Å². The summed E-state index contributed by atoms with van der Waals surface area (Å²) in [6.07, 6.45) is 3.48. The maximum absolute atomic E-state index is 12.0. The molecule has 5 nitrogen and oxygen atoms in total. The van der Waals surface area contributed by atoms with Crippen molar-refractivity contribution in [2.24, 2.45) is 0 Å². The van der Waals surface area contributed by atoms with Crippen LogP contribution in [0.15, 0.2) is 29.2 Å². The van der Waals surface area contributed by atoms with E-state index >= 15 is 0 Å². The van der Waals surface area contributed by atoms with Crippen LogP contribution in [0.2, 0.25) is 0 Å². The van der Waals surface area contributed by atoms with Crippen molar-refractivity contribution >= 4 is 10.0 Å². The van der Waals surface area contributed by atoms with Crippen LogP contribution in [0.1, 0.15) is 25.7 Å². The fourth-order valence-electron chi connectivity index (χ4n) is 1.78. The molecule has 106 valence electrons. The SMILES string of the molecule is O=S(=O)(NC1CCC1)c1ccc(OCCCO)cc1. The van der Waals surface area contributed by atoms with Gasteiger partial charge in [-0.2, -0.15) is 0 Å². The van der Waals surface area contributed by atoms with E-state index in [1.165, 1.54) is 12.1 Å². The van der Waals surface area contributed by atoms with Crippen LogP contribution in [0.3, 0.4) is 0 Å². The highest BCUT2D eigenvalue weighted by Crippen LogP contribution is 2.22. The van der Waals surface area contributed by atoms with Crippen molar-refractivity contribution in [3.63, 3.8) is 0 Å². The van der Waals surface area contributed by atoms with Gasteiger partial charge in [-0.1, -0.05) is 6.42 Å². The molecule has 0 aliphatic heterocycles. The molecule has 1 saturated carbocycles. The average molecular weight is 285 g/mol. The summed E-state index contributed by atoms with van der Waals surface area (Å²) in [7, 11) is -3.41. The highest BCUT2D eigenvalue weighted by atomic mass is 32.2. The lowest BCUT2D eigenvalue weighted by molar-refractivity contribution is 0.233. The van der Waals surface area contributed by atoms with Crippen molar-refractivity contribution in [2.75, 3.05) is 13.2 Å².